The van der Waals surface area contributed by atoms with E-state index in [9.17, 15) is 24.0 Å². The van der Waals surface area contributed by atoms with E-state index >= 15 is 0 Å². The number of carbonyl (C=O) groups excluding carboxylic acids is 4. The summed E-state index contributed by atoms with van der Waals surface area (Å²) in [5.74, 6) is 2.39. The van der Waals surface area contributed by atoms with E-state index in [2.05, 4.69) is 27.4 Å². The molecule has 4 rings (SSSR count). The van der Waals surface area contributed by atoms with Crippen LogP contribution in [0.15, 0.2) is 36.4 Å². The van der Waals surface area contributed by atoms with Crippen molar-refractivity contribution in [3.8, 4) is 23.0 Å². The van der Waals surface area contributed by atoms with Crippen molar-refractivity contribution in [2.75, 3.05) is 31.5 Å². The molecule has 1 fully saturated rings. The maximum absolute atomic E-state index is 12.8. The molecule has 2 aliphatic rings. The lowest BCUT2D eigenvalue weighted by molar-refractivity contribution is -0.143. The standard InChI is InChI=1S/C30H31N3O6/c1-30(2,3)29(39)32-20-6-8-21-23-16-18(4-7-22(23)26(35)27(36)24(21)17-20)5-9-25(34)31-12-15-33-13-10-19(11-14-33)28(37)38/h4,6-8,16-17,19H,10-15H2,1-3H3,(H,31,34)(H,32,39)(H,37,38). The first-order valence-corrected chi connectivity index (χ1v) is 12.9. The summed E-state index contributed by atoms with van der Waals surface area (Å²) in [7, 11) is 0. The molecule has 0 aromatic heterocycles. The molecule has 39 heavy (non-hydrogen) atoms. The summed E-state index contributed by atoms with van der Waals surface area (Å²) in [6.07, 6.45) is 1.21. The first kappa shape index (κ1) is 27.7. The van der Waals surface area contributed by atoms with Gasteiger partial charge in [-0.25, -0.2) is 0 Å². The number of ketones is 2. The highest BCUT2D eigenvalue weighted by Gasteiger charge is 2.31. The highest BCUT2D eigenvalue weighted by molar-refractivity contribution is 6.53. The summed E-state index contributed by atoms with van der Waals surface area (Å²) < 4.78 is 0. The number of rotatable bonds is 5. The fraction of sp³-hybridized carbons (Fsp3) is 0.367. The molecule has 2 aromatic rings. The van der Waals surface area contributed by atoms with Crippen LogP contribution in [0.25, 0.3) is 11.1 Å². The van der Waals surface area contributed by atoms with Crippen LogP contribution in [0.4, 0.5) is 5.69 Å². The van der Waals surface area contributed by atoms with E-state index in [4.69, 9.17) is 5.11 Å². The minimum Gasteiger partial charge on any atom is -0.481 e. The van der Waals surface area contributed by atoms with E-state index in [1.54, 1.807) is 45.0 Å². The van der Waals surface area contributed by atoms with Crippen LogP contribution >= 0.6 is 0 Å². The minimum absolute atomic E-state index is 0.203. The summed E-state index contributed by atoms with van der Waals surface area (Å²) in [6, 6.07) is 9.71. The third kappa shape index (κ3) is 6.41. The highest BCUT2D eigenvalue weighted by atomic mass is 16.4. The molecule has 1 heterocycles. The molecule has 1 saturated heterocycles. The molecule has 9 heteroatoms. The van der Waals surface area contributed by atoms with E-state index < -0.39 is 28.9 Å². The maximum Gasteiger partial charge on any atom is 0.306 e. The van der Waals surface area contributed by atoms with E-state index in [-0.39, 0.29) is 23.0 Å². The van der Waals surface area contributed by atoms with Crippen molar-refractivity contribution in [1.29, 1.82) is 0 Å². The molecule has 2 aromatic carbocycles. The highest BCUT2D eigenvalue weighted by Crippen LogP contribution is 2.36. The number of likely N-dealkylation sites (tertiary alicyclic amines) is 1. The number of nitrogens with one attached hydrogen (secondary N) is 2. The van der Waals surface area contributed by atoms with Crippen LogP contribution in [0, 0.1) is 23.2 Å². The second-order valence-corrected chi connectivity index (χ2v) is 10.8. The second kappa shape index (κ2) is 11.2. The first-order chi connectivity index (χ1) is 18.4. The van der Waals surface area contributed by atoms with E-state index in [1.807, 2.05) is 0 Å². The van der Waals surface area contributed by atoms with Crippen molar-refractivity contribution in [2.45, 2.75) is 33.6 Å². The molecule has 1 aliphatic carbocycles. The zero-order valence-electron chi connectivity index (χ0n) is 22.2. The van der Waals surface area contributed by atoms with Gasteiger partial charge in [-0.2, -0.15) is 0 Å². The number of hydrogen-bond donors (Lipinski definition) is 3. The van der Waals surface area contributed by atoms with Gasteiger partial charge in [0.15, 0.2) is 0 Å². The van der Waals surface area contributed by atoms with Gasteiger partial charge >= 0.3 is 5.97 Å². The van der Waals surface area contributed by atoms with Crippen molar-refractivity contribution >= 4 is 35.0 Å². The first-order valence-electron chi connectivity index (χ1n) is 12.9. The summed E-state index contributed by atoms with van der Waals surface area (Å²) in [4.78, 5) is 63.4. The molecule has 2 amide bonds. The predicted molar refractivity (Wildman–Crippen MR) is 145 cm³/mol. The van der Waals surface area contributed by atoms with Gasteiger partial charge in [0.25, 0.3) is 5.91 Å². The Morgan fingerprint density at radius 1 is 0.949 bits per heavy atom. The van der Waals surface area contributed by atoms with E-state index in [1.165, 1.54) is 12.1 Å². The van der Waals surface area contributed by atoms with Gasteiger partial charge in [-0.3, -0.25) is 24.0 Å². The molecule has 1 aliphatic heterocycles. The average molecular weight is 530 g/mol. The molecule has 0 saturated carbocycles. The number of benzene rings is 2. The Kier molecular flexibility index (Phi) is 7.98. The normalized spacial score (nSPS) is 15.5. The van der Waals surface area contributed by atoms with Gasteiger partial charge in [0.1, 0.15) is 0 Å². The van der Waals surface area contributed by atoms with Gasteiger partial charge < -0.3 is 20.6 Å². The summed E-state index contributed by atoms with van der Waals surface area (Å²) in [5.41, 5.74) is 1.88. The Bertz CT molecular complexity index is 1420. The van der Waals surface area contributed by atoms with Crippen LogP contribution in [-0.2, 0) is 14.4 Å². The zero-order valence-corrected chi connectivity index (χ0v) is 22.2. The second-order valence-electron chi connectivity index (χ2n) is 10.8. The summed E-state index contributed by atoms with van der Waals surface area (Å²) in [5, 5.41) is 14.6. The lowest BCUT2D eigenvalue weighted by Crippen LogP contribution is -2.40. The maximum atomic E-state index is 12.8. The number of amides is 2. The average Bonchev–Trinajstić information content (AvgIpc) is 2.90. The van der Waals surface area contributed by atoms with Crippen molar-refractivity contribution < 1.29 is 29.1 Å². The number of anilines is 1. The number of carboxylic acid groups (broad SMARTS) is 1. The summed E-state index contributed by atoms with van der Waals surface area (Å²) >= 11 is 0. The lowest BCUT2D eigenvalue weighted by Gasteiger charge is -2.29. The number of fused-ring (bicyclic) bond motifs is 3. The minimum atomic E-state index is -0.755. The SMILES string of the molecule is CC(C)(C)C(=O)Nc1ccc2c(c1)C(=O)C(=O)c1ccc(C#CC(=O)NCCN3CCC(C(=O)O)CC3)cc1-2. The van der Waals surface area contributed by atoms with Crippen LogP contribution in [-0.4, -0.2) is 65.5 Å². The number of hydrogen-bond acceptors (Lipinski definition) is 6. The Morgan fingerprint density at radius 3 is 2.28 bits per heavy atom. The molecule has 0 spiro atoms. The zero-order chi connectivity index (χ0) is 28.3. The van der Waals surface area contributed by atoms with Crippen LogP contribution in [0.3, 0.4) is 0 Å². The number of carboxylic acids is 1. The smallest absolute Gasteiger partial charge is 0.306 e. The molecular weight excluding hydrogens is 498 g/mol. The van der Waals surface area contributed by atoms with Gasteiger partial charge in [-0.1, -0.05) is 32.8 Å². The quantitative estimate of drug-likeness (QED) is 0.401. The van der Waals surface area contributed by atoms with Crippen LogP contribution in [0.2, 0.25) is 0 Å². The summed E-state index contributed by atoms with van der Waals surface area (Å²) in [6.45, 7) is 7.71. The molecule has 0 radical (unpaired) electrons. The van der Waals surface area contributed by atoms with Gasteiger partial charge in [-0.05, 0) is 67.4 Å². The fourth-order valence-electron chi connectivity index (χ4n) is 4.55. The van der Waals surface area contributed by atoms with Crippen LogP contribution in [0.1, 0.15) is 59.9 Å². The largest absolute Gasteiger partial charge is 0.481 e. The van der Waals surface area contributed by atoms with Crippen LogP contribution in [0.5, 0.6) is 0 Å². The van der Waals surface area contributed by atoms with Gasteiger partial charge in [0.2, 0.25) is 17.5 Å². The number of nitrogens with zero attached hydrogens (tertiary/aromatic N) is 1. The number of piperidine rings is 1. The van der Waals surface area contributed by atoms with Gasteiger partial charge in [-0.15, -0.1) is 0 Å². The fourth-order valence-corrected chi connectivity index (χ4v) is 4.55. The molecule has 9 nitrogen and oxygen atoms in total. The van der Waals surface area contributed by atoms with Crippen molar-refractivity contribution in [1.82, 2.24) is 10.2 Å². The Balaban J connectivity index is 1.43. The van der Waals surface area contributed by atoms with Gasteiger partial charge in [0, 0.05) is 46.8 Å². The number of carbonyl (C=O) groups is 5. The third-order valence-corrected chi connectivity index (χ3v) is 6.93. The Hall–Kier alpha value is -4.29. The van der Waals surface area contributed by atoms with E-state index in [0.717, 1.165) is 0 Å². The molecule has 3 N–H and O–H groups in total. The van der Waals surface area contributed by atoms with Crippen molar-refractivity contribution in [3.63, 3.8) is 0 Å². The molecule has 202 valence electrons. The topological polar surface area (TPSA) is 133 Å². The van der Waals surface area contributed by atoms with E-state index in [0.29, 0.717) is 61.4 Å². The lowest BCUT2D eigenvalue weighted by atomic mass is 9.83. The van der Waals surface area contributed by atoms with Crippen molar-refractivity contribution in [2.24, 2.45) is 11.3 Å². The predicted octanol–water partition coefficient (Wildman–Crippen LogP) is 2.98. The Labute approximate surface area is 227 Å². The monoisotopic (exact) mass is 529 g/mol. The van der Waals surface area contributed by atoms with Crippen LogP contribution < -0.4 is 10.6 Å². The van der Waals surface area contributed by atoms with Crippen molar-refractivity contribution in [3.05, 3.63) is 53.1 Å². The molecular formula is C30H31N3O6. The van der Waals surface area contributed by atoms with Gasteiger partial charge in [0.05, 0.1) is 5.92 Å². The molecule has 0 atom stereocenters. The number of Topliss-reactive ketones (excluding diaryl/α,β-unsaturated/α-hetero) is 2. The third-order valence-electron chi connectivity index (χ3n) is 6.93. The number of aliphatic carboxylic acids is 1. The molecule has 0 bridgehead atoms. The Morgan fingerprint density at radius 2 is 1.62 bits per heavy atom. The molecule has 0 unspecified atom stereocenters.